The lowest BCUT2D eigenvalue weighted by Gasteiger charge is -2.11. The highest BCUT2D eigenvalue weighted by molar-refractivity contribution is 5.96. The van der Waals surface area contributed by atoms with Crippen molar-refractivity contribution in [1.82, 2.24) is 45.3 Å². The van der Waals surface area contributed by atoms with Crippen LogP contribution in [0.1, 0.15) is 35.0 Å². The summed E-state index contributed by atoms with van der Waals surface area (Å²) >= 11 is 0. The summed E-state index contributed by atoms with van der Waals surface area (Å²) in [5.41, 5.74) is 6.46. The number of aromatic nitrogens is 7. The van der Waals surface area contributed by atoms with Gasteiger partial charge in [0.25, 0.3) is 5.91 Å². The van der Waals surface area contributed by atoms with Gasteiger partial charge in [-0.15, -0.1) is 0 Å². The standard InChI is InChI=1S/C26H29N9O/c1-3-27-12-19-13-29-14-21(17(19)2)18-5-6-22-20(11-18)24(34-33-22)25-31-15-23(32-25)26(36)30-7-4-9-35-10-8-28-16-35/h5-6,8,10-11,13-16,27H,3-4,7,9,12H2,1-2H3,(H,30,36)(H,31,32)(H,33,34). The number of benzene rings is 1. The van der Waals surface area contributed by atoms with Crippen molar-refractivity contribution in [1.29, 1.82) is 0 Å². The Morgan fingerprint density at radius 2 is 2.08 bits per heavy atom. The fourth-order valence-corrected chi connectivity index (χ4v) is 4.19. The Morgan fingerprint density at radius 1 is 1.17 bits per heavy atom. The third-order valence-corrected chi connectivity index (χ3v) is 6.24. The molecule has 4 N–H and O–H groups in total. The van der Waals surface area contributed by atoms with Gasteiger partial charge in [0.15, 0.2) is 5.82 Å². The molecule has 0 atom stereocenters. The van der Waals surface area contributed by atoms with Gasteiger partial charge in [-0.05, 0) is 48.7 Å². The average molecular weight is 484 g/mol. The number of nitrogens with zero attached hydrogens (tertiary/aromatic N) is 5. The Labute approximate surface area is 208 Å². The molecule has 0 saturated carbocycles. The second-order valence-electron chi connectivity index (χ2n) is 8.64. The highest BCUT2D eigenvalue weighted by atomic mass is 16.1. The second kappa shape index (κ2) is 10.5. The number of nitrogens with one attached hydrogen (secondary N) is 4. The Balaban J connectivity index is 1.34. The Bertz CT molecular complexity index is 1470. The fraction of sp³-hybridized carbons (Fsp3) is 0.269. The topological polar surface area (TPSA) is 129 Å². The molecule has 10 heteroatoms. The molecule has 0 bridgehead atoms. The van der Waals surface area contributed by atoms with Crippen molar-refractivity contribution in [2.75, 3.05) is 13.1 Å². The van der Waals surface area contributed by atoms with Crippen LogP contribution in [-0.2, 0) is 13.1 Å². The Kier molecular flexibility index (Phi) is 6.85. The van der Waals surface area contributed by atoms with Crippen LogP contribution in [0.15, 0.2) is 55.5 Å². The van der Waals surface area contributed by atoms with Crippen molar-refractivity contribution < 1.29 is 4.79 Å². The zero-order valence-corrected chi connectivity index (χ0v) is 20.4. The number of carbonyl (C=O) groups excluding carboxylic acids is 1. The van der Waals surface area contributed by atoms with Gasteiger partial charge in [0, 0.05) is 55.4 Å². The number of fused-ring (bicyclic) bond motifs is 1. The van der Waals surface area contributed by atoms with E-state index in [4.69, 9.17) is 0 Å². The molecule has 0 aliphatic heterocycles. The highest BCUT2D eigenvalue weighted by Gasteiger charge is 2.16. The van der Waals surface area contributed by atoms with Gasteiger partial charge in [0.1, 0.15) is 11.4 Å². The van der Waals surface area contributed by atoms with E-state index in [0.29, 0.717) is 23.8 Å². The number of H-pyrrole nitrogens is 2. The summed E-state index contributed by atoms with van der Waals surface area (Å²) in [5.74, 6) is 0.344. The van der Waals surface area contributed by atoms with Gasteiger partial charge >= 0.3 is 0 Å². The molecular formula is C26H29N9O. The number of imidazole rings is 2. The van der Waals surface area contributed by atoms with E-state index in [1.807, 2.05) is 29.2 Å². The van der Waals surface area contributed by atoms with Crippen LogP contribution >= 0.6 is 0 Å². The first-order chi connectivity index (χ1) is 17.6. The van der Waals surface area contributed by atoms with Gasteiger partial charge in [-0.3, -0.25) is 14.9 Å². The molecule has 10 nitrogen and oxygen atoms in total. The molecule has 0 aliphatic rings. The minimum atomic E-state index is -0.195. The van der Waals surface area contributed by atoms with Gasteiger partial charge in [-0.1, -0.05) is 13.0 Å². The first kappa shape index (κ1) is 23.4. The Hall–Kier alpha value is -4.31. The van der Waals surface area contributed by atoms with Gasteiger partial charge in [-0.2, -0.15) is 5.10 Å². The number of hydrogen-bond donors (Lipinski definition) is 4. The number of hydrogen-bond acceptors (Lipinski definition) is 6. The lowest BCUT2D eigenvalue weighted by atomic mass is 9.98. The third-order valence-electron chi connectivity index (χ3n) is 6.24. The minimum absolute atomic E-state index is 0.195. The molecule has 184 valence electrons. The summed E-state index contributed by atoms with van der Waals surface area (Å²) in [5, 5.41) is 14.8. The van der Waals surface area contributed by atoms with Crippen molar-refractivity contribution in [3.8, 4) is 22.6 Å². The van der Waals surface area contributed by atoms with Crippen LogP contribution in [0, 0.1) is 6.92 Å². The maximum atomic E-state index is 12.6. The molecule has 0 unspecified atom stereocenters. The molecule has 4 heterocycles. The van der Waals surface area contributed by atoms with E-state index in [1.165, 1.54) is 11.1 Å². The zero-order chi connectivity index (χ0) is 24.9. The summed E-state index contributed by atoms with van der Waals surface area (Å²) in [7, 11) is 0. The molecule has 5 rings (SSSR count). The van der Waals surface area contributed by atoms with Crippen LogP contribution in [0.25, 0.3) is 33.5 Å². The van der Waals surface area contributed by atoms with E-state index >= 15 is 0 Å². The molecular weight excluding hydrogens is 454 g/mol. The average Bonchev–Trinajstić information content (AvgIpc) is 3.66. The smallest absolute Gasteiger partial charge is 0.269 e. The first-order valence-corrected chi connectivity index (χ1v) is 12.1. The number of aromatic amines is 2. The number of amides is 1. The summed E-state index contributed by atoms with van der Waals surface area (Å²) in [6.45, 7) is 7.25. The van der Waals surface area contributed by atoms with Crippen molar-refractivity contribution in [2.24, 2.45) is 0 Å². The molecule has 5 aromatic rings. The number of aryl methyl sites for hydroxylation is 1. The number of rotatable bonds is 10. The van der Waals surface area contributed by atoms with Crippen molar-refractivity contribution >= 4 is 16.8 Å². The summed E-state index contributed by atoms with van der Waals surface area (Å²) in [6.07, 6.45) is 11.6. The predicted octanol–water partition coefficient (Wildman–Crippen LogP) is 3.45. The summed E-state index contributed by atoms with van der Waals surface area (Å²) in [6, 6.07) is 6.16. The lowest BCUT2D eigenvalue weighted by Crippen LogP contribution is -2.25. The van der Waals surface area contributed by atoms with E-state index in [2.05, 4.69) is 66.7 Å². The second-order valence-corrected chi connectivity index (χ2v) is 8.64. The predicted molar refractivity (Wildman–Crippen MR) is 138 cm³/mol. The van der Waals surface area contributed by atoms with Crippen molar-refractivity contribution in [3.05, 3.63) is 72.3 Å². The number of carbonyl (C=O) groups is 1. The van der Waals surface area contributed by atoms with E-state index in [1.54, 1.807) is 18.7 Å². The van der Waals surface area contributed by atoms with Gasteiger partial charge < -0.3 is 20.2 Å². The molecule has 0 radical (unpaired) electrons. The van der Waals surface area contributed by atoms with Crippen molar-refractivity contribution in [3.63, 3.8) is 0 Å². The maximum Gasteiger partial charge on any atom is 0.269 e. The molecule has 1 aromatic carbocycles. The monoisotopic (exact) mass is 483 g/mol. The Morgan fingerprint density at radius 3 is 2.92 bits per heavy atom. The summed E-state index contributed by atoms with van der Waals surface area (Å²) < 4.78 is 1.98. The quantitative estimate of drug-likeness (QED) is 0.225. The van der Waals surface area contributed by atoms with Crippen LogP contribution in [0.2, 0.25) is 0 Å². The van der Waals surface area contributed by atoms with Crippen LogP contribution in [0.5, 0.6) is 0 Å². The lowest BCUT2D eigenvalue weighted by molar-refractivity contribution is 0.0948. The molecule has 36 heavy (non-hydrogen) atoms. The normalized spacial score (nSPS) is 11.3. The van der Waals surface area contributed by atoms with Crippen LogP contribution < -0.4 is 10.6 Å². The largest absolute Gasteiger partial charge is 0.351 e. The van der Waals surface area contributed by atoms with E-state index < -0.39 is 0 Å². The first-order valence-electron chi connectivity index (χ1n) is 12.1. The maximum absolute atomic E-state index is 12.6. The molecule has 0 fully saturated rings. The van der Waals surface area contributed by atoms with Gasteiger partial charge in [-0.25, -0.2) is 9.97 Å². The highest BCUT2D eigenvalue weighted by Crippen LogP contribution is 2.31. The van der Waals surface area contributed by atoms with Crippen molar-refractivity contribution in [2.45, 2.75) is 33.4 Å². The van der Waals surface area contributed by atoms with Gasteiger partial charge in [0.05, 0.1) is 18.0 Å². The molecule has 0 spiro atoms. The number of pyridine rings is 1. The zero-order valence-electron chi connectivity index (χ0n) is 20.4. The van der Waals surface area contributed by atoms with Gasteiger partial charge in [0.2, 0.25) is 0 Å². The third kappa shape index (κ3) is 4.89. The molecule has 0 saturated heterocycles. The van der Waals surface area contributed by atoms with E-state index in [0.717, 1.165) is 48.1 Å². The van der Waals surface area contributed by atoms with E-state index in [9.17, 15) is 4.79 Å². The fourth-order valence-electron chi connectivity index (χ4n) is 4.19. The van der Waals surface area contributed by atoms with Crippen LogP contribution in [0.4, 0.5) is 0 Å². The van der Waals surface area contributed by atoms with Crippen LogP contribution in [-0.4, -0.2) is 53.7 Å². The molecule has 0 aliphatic carbocycles. The summed E-state index contributed by atoms with van der Waals surface area (Å²) in [4.78, 5) is 28.6. The minimum Gasteiger partial charge on any atom is -0.351 e. The molecule has 4 aromatic heterocycles. The van der Waals surface area contributed by atoms with E-state index in [-0.39, 0.29) is 5.91 Å². The molecule has 1 amide bonds. The SMILES string of the molecule is CCNCc1cncc(-c2ccc3[nH]nc(-c4ncc(C(=O)NCCCn5ccnc5)[nH]4)c3c2)c1C. The van der Waals surface area contributed by atoms with Crippen LogP contribution in [0.3, 0.4) is 0 Å².